The lowest BCUT2D eigenvalue weighted by Gasteiger charge is -2.28. The van der Waals surface area contributed by atoms with E-state index in [2.05, 4.69) is 25.3 Å². The molecule has 2 aliphatic heterocycles. The van der Waals surface area contributed by atoms with Crippen LogP contribution in [-0.4, -0.2) is 97.6 Å². The molecule has 4 N–H and O–H groups in total. The minimum Gasteiger partial charge on any atom is -0.453 e. The van der Waals surface area contributed by atoms with Gasteiger partial charge in [-0.1, -0.05) is 109 Å². The van der Waals surface area contributed by atoms with E-state index in [9.17, 15) is 27.4 Å². The van der Waals surface area contributed by atoms with Gasteiger partial charge >= 0.3 is 6.09 Å². The first kappa shape index (κ1) is 41.5. The Morgan fingerprint density at radius 3 is 1.75 bits per heavy atom. The first-order valence-corrected chi connectivity index (χ1v) is 22.6. The van der Waals surface area contributed by atoms with Gasteiger partial charge in [-0.05, 0) is 46.2 Å². The highest BCUT2D eigenvalue weighted by Crippen LogP contribution is 2.37. The number of hydrogen-bond acceptors (Lipinski definition) is 8. The lowest BCUT2D eigenvalue weighted by atomic mass is 10.0. The lowest BCUT2D eigenvalue weighted by Crippen LogP contribution is -2.43. The van der Waals surface area contributed by atoms with Gasteiger partial charge < -0.3 is 34.4 Å². The van der Waals surface area contributed by atoms with Crippen LogP contribution in [-0.2, 0) is 42.6 Å². The number of likely N-dealkylation sites (tertiary alicyclic amines) is 2. The second-order valence-corrected chi connectivity index (χ2v) is 18.1. The van der Waals surface area contributed by atoms with Gasteiger partial charge in [-0.3, -0.25) is 13.8 Å². The zero-order valence-corrected chi connectivity index (χ0v) is 35.1. The zero-order chi connectivity index (χ0) is 42.6. The van der Waals surface area contributed by atoms with Crippen molar-refractivity contribution in [3.8, 4) is 33.6 Å². The Hall–Kier alpha value is -6.23. The third kappa shape index (κ3) is 9.11. The molecule has 0 aliphatic carbocycles. The number of ether oxygens (including phenoxy) is 1. The van der Waals surface area contributed by atoms with Gasteiger partial charge in [0.2, 0.25) is 5.91 Å². The Labute approximate surface area is 357 Å². The molecule has 4 aromatic carbocycles. The molecule has 314 valence electrons. The highest BCUT2D eigenvalue weighted by Gasteiger charge is 2.43. The number of imidazole rings is 2. The monoisotopic (exact) mass is 859 g/mol. The van der Waals surface area contributed by atoms with Gasteiger partial charge in [0.05, 0.1) is 59.9 Å². The number of aromatic nitrogens is 4. The maximum atomic E-state index is 14.2. The van der Waals surface area contributed by atoms with Gasteiger partial charge in [0.1, 0.15) is 17.7 Å². The molecular weight excluding hydrogens is 815 g/mol. The standard InChI is InChI=1S/C45H45N7O7S2/c1-59-45(55)50-41(33-11-7-4-8-12-33)44(54)52-26-34(60(2)56)22-39(52)43-47-25-37(49-43)32-19-15-30(16-20-32)29-13-17-31(18-14-29)36-24-46-42(48-36)38-23-35(61(57)58)27-51(38)40(53)21-28-9-5-3-6-10-28/h3-20,24-25,34-35,38-39,41H,21-23,26-27H2,1-2H3,(H,46,48)(H,47,49)(H,50,55)(H,57,58)/t34-,35?,38-,39-,41-,60?/m0/s1. The molecule has 2 saturated heterocycles. The summed E-state index contributed by atoms with van der Waals surface area (Å²) in [5, 5.41) is 1.83. The van der Waals surface area contributed by atoms with Crippen molar-refractivity contribution in [2.75, 3.05) is 26.5 Å². The Kier molecular flexibility index (Phi) is 12.4. The fraction of sp³-hybridized carbons (Fsp3) is 0.267. The minimum absolute atomic E-state index is 0.120. The summed E-state index contributed by atoms with van der Waals surface area (Å²) in [4.78, 5) is 59.3. The van der Waals surface area contributed by atoms with E-state index in [1.165, 1.54) is 7.11 Å². The second kappa shape index (κ2) is 18.2. The smallest absolute Gasteiger partial charge is 0.407 e. The average molecular weight is 860 g/mol. The van der Waals surface area contributed by atoms with Crippen molar-refractivity contribution >= 4 is 39.8 Å². The van der Waals surface area contributed by atoms with E-state index in [-0.39, 0.29) is 36.6 Å². The van der Waals surface area contributed by atoms with Crippen LogP contribution in [0.3, 0.4) is 0 Å². The number of hydrogen-bond donors (Lipinski definition) is 4. The van der Waals surface area contributed by atoms with Crippen molar-refractivity contribution in [3.63, 3.8) is 0 Å². The molecule has 8 rings (SSSR count). The summed E-state index contributed by atoms with van der Waals surface area (Å²) in [5.41, 5.74) is 6.78. The third-order valence-corrected chi connectivity index (χ3v) is 13.6. The molecule has 6 aromatic rings. The Balaban J connectivity index is 0.959. The van der Waals surface area contributed by atoms with Gasteiger partial charge in [-0.25, -0.2) is 19.0 Å². The Morgan fingerprint density at radius 2 is 1.23 bits per heavy atom. The van der Waals surface area contributed by atoms with E-state index in [0.29, 0.717) is 30.1 Å². The number of nitrogens with zero attached hydrogens (tertiary/aromatic N) is 4. The van der Waals surface area contributed by atoms with Gasteiger partial charge in [0.25, 0.3) is 5.91 Å². The quantitative estimate of drug-likeness (QED) is 0.102. The fourth-order valence-corrected chi connectivity index (χ4v) is 9.62. The molecule has 4 heterocycles. The van der Waals surface area contributed by atoms with Crippen LogP contribution < -0.4 is 5.32 Å². The minimum atomic E-state index is -2.07. The Morgan fingerprint density at radius 1 is 0.738 bits per heavy atom. The highest BCUT2D eigenvalue weighted by atomic mass is 32.2. The maximum absolute atomic E-state index is 14.2. The highest BCUT2D eigenvalue weighted by molar-refractivity contribution is 7.84. The number of alkyl carbamates (subject to hydrolysis) is 1. The normalized spacial score (nSPS) is 20.2. The first-order valence-electron chi connectivity index (χ1n) is 19.8. The first-order chi connectivity index (χ1) is 29.6. The molecule has 3 amide bonds. The number of carbonyl (C=O) groups excluding carboxylic acids is 3. The molecule has 61 heavy (non-hydrogen) atoms. The van der Waals surface area contributed by atoms with Gasteiger partial charge in [-0.15, -0.1) is 0 Å². The average Bonchev–Trinajstić information content (AvgIpc) is 4.12. The lowest BCUT2D eigenvalue weighted by molar-refractivity contribution is -0.134. The van der Waals surface area contributed by atoms with Crippen molar-refractivity contribution in [3.05, 3.63) is 144 Å². The zero-order valence-electron chi connectivity index (χ0n) is 33.5. The Bertz CT molecular complexity index is 2550. The van der Waals surface area contributed by atoms with Crippen LogP contribution >= 0.6 is 0 Å². The van der Waals surface area contributed by atoms with E-state index in [1.807, 2.05) is 84.9 Å². The summed E-state index contributed by atoms with van der Waals surface area (Å²) in [6, 6.07) is 32.5. The topological polar surface area (TPSA) is 191 Å². The molecule has 3 unspecified atom stereocenters. The molecule has 16 heteroatoms. The number of aromatic amines is 2. The van der Waals surface area contributed by atoms with E-state index in [1.54, 1.807) is 52.7 Å². The van der Waals surface area contributed by atoms with Gasteiger partial charge in [-0.2, -0.15) is 0 Å². The molecule has 2 fully saturated rings. The van der Waals surface area contributed by atoms with Gasteiger partial charge in [0, 0.05) is 30.1 Å². The number of benzene rings is 4. The van der Waals surface area contributed by atoms with Crippen LogP contribution in [0, 0.1) is 0 Å². The largest absolute Gasteiger partial charge is 0.453 e. The van der Waals surface area contributed by atoms with Crippen molar-refractivity contribution < 1.29 is 32.1 Å². The maximum Gasteiger partial charge on any atom is 0.407 e. The van der Waals surface area contributed by atoms with Gasteiger partial charge in [0.15, 0.2) is 11.1 Å². The van der Waals surface area contributed by atoms with Crippen molar-refractivity contribution in [2.45, 2.75) is 47.9 Å². The van der Waals surface area contributed by atoms with Crippen LogP contribution in [0.2, 0.25) is 0 Å². The van der Waals surface area contributed by atoms with Crippen LogP contribution in [0.1, 0.15) is 53.7 Å². The third-order valence-electron chi connectivity index (χ3n) is 11.5. The summed E-state index contributed by atoms with van der Waals surface area (Å²) in [5.74, 6) is 0.665. The molecular formula is C45H45N7O7S2. The number of nitrogens with one attached hydrogen (secondary N) is 3. The molecule has 14 nitrogen and oxygen atoms in total. The molecule has 0 saturated carbocycles. The number of rotatable bonds is 12. The summed E-state index contributed by atoms with van der Waals surface area (Å²) < 4.78 is 39.5. The molecule has 0 spiro atoms. The molecule has 0 radical (unpaired) electrons. The summed E-state index contributed by atoms with van der Waals surface area (Å²) in [7, 11) is 0.0448. The van der Waals surface area contributed by atoms with E-state index < -0.39 is 51.3 Å². The number of methoxy groups -OCH3 is 1. The van der Waals surface area contributed by atoms with E-state index in [0.717, 1.165) is 39.2 Å². The molecule has 7 atom stereocenters. The van der Waals surface area contributed by atoms with Crippen molar-refractivity contribution in [1.82, 2.24) is 35.1 Å². The van der Waals surface area contributed by atoms with Crippen LogP contribution in [0.4, 0.5) is 4.79 Å². The van der Waals surface area contributed by atoms with Crippen LogP contribution in [0.15, 0.2) is 122 Å². The fourth-order valence-electron chi connectivity index (χ4n) is 8.16. The number of H-pyrrole nitrogens is 2. The molecule has 2 aromatic heterocycles. The summed E-state index contributed by atoms with van der Waals surface area (Å²) in [6.45, 7) is 0.424. The molecule has 2 aliphatic rings. The predicted molar refractivity (Wildman–Crippen MR) is 232 cm³/mol. The summed E-state index contributed by atoms with van der Waals surface area (Å²) >= 11 is -2.07. The van der Waals surface area contributed by atoms with E-state index >= 15 is 0 Å². The van der Waals surface area contributed by atoms with Crippen molar-refractivity contribution in [2.24, 2.45) is 0 Å². The molecule has 0 bridgehead atoms. The predicted octanol–water partition coefficient (Wildman–Crippen LogP) is 6.36. The van der Waals surface area contributed by atoms with Crippen LogP contribution in [0.5, 0.6) is 0 Å². The van der Waals surface area contributed by atoms with Crippen LogP contribution in [0.25, 0.3) is 33.6 Å². The number of carbonyl (C=O) groups is 3. The van der Waals surface area contributed by atoms with E-state index in [4.69, 9.17) is 4.74 Å². The second-order valence-electron chi connectivity index (χ2n) is 15.2. The SMILES string of the molecule is COC(=O)N[C@H](C(=O)N1C[C@@H](S(C)=O)C[C@H]1c1ncc(-c2ccc(-c3ccc(-c4cnc([C@@H]5CC(S(=O)O)CN5C(=O)Cc5ccccc5)[nH]4)cc3)cc2)[nH]1)c1ccccc1. The van der Waals surface area contributed by atoms with Crippen molar-refractivity contribution in [1.29, 1.82) is 0 Å². The summed E-state index contributed by atoms with van der Waals surface area (Å²) in [6.07, 6.45) is 5.32. The number of amides is 3.